The monoisotopic (exact) mass is 322 g/mol. The maximum atomic E-state index is 12.7. The Morgan fingerprint density at radius 2 is 2.04 bits per heavy atom. The molecular formula is C18H18N4O2. The van der Waals surface area contributed by atoms with Crippen molar-refractivity contribution in [2.24, 2.45) is 0 Å². The van der Waals surface area contributed by atoms with Gasteiger partial charge >= 0.3 is 0 Å². The topological polar surface area (TPSA) is 59.6 Å². The summed E-state index contributed by atoms with van der Waals surface area (Å²) in [7, 11) is 0. The van der Waals surface area contributed by atoms with Crippen molar-refractivity contribution < 1.29 is 4.79 Å². The first-order chi connectivity index (χ1) is 11.7. The minimum Gasteiger partial charge on any atom is -0.310 e. The number of aromatic nitrogens is 3. The number of hydrogen-bond donors (Lipinski definition) is 0. The molecule has 0 spiro atoms. The Bertz CT molecular complexity index is 986. The van der Waals surface area contributed by atoms with Gasteiger partial charge in [0.15, 0.2) is 0 Å². The molecule has 6 heteroatoms. The number of carbonyl (C=O) groups excluding carboxylic acids is 1. The summed E-state index contributed by atoms with van der Waals surface area (Å²) in [5.41, 5.74) is 2.42. The van der Waals surface area contributed by atoms with E-state index >= 15 is 0 Å². The van der Waals surface area contributed by atoms with E-state index in [1.165, 1.54) is 10.2 Å². The van der Waals surface area contributed by atoms with E-state index in [0.717, 1.165) is 17.9 Å². The third-order valence-corrected chi connectivity index (χ3v) is 4.51. The van der Waals surface area contributed by atoms with Gasteiger partial charge in [-0.05, 0) is 30.2 Å². The molecule has 0 bridgehead atoms. The van der Waals surface area contributed by atoms with E-state index in [2.05, 4.69) is 5.10 Å². The molecule has 4 rings (SSSR count). The first kappa shape index (κ1) is 14.7. The predicted molar refractivity (Wildman–Crippen MR) is 91.3 cm³/mol. The number of anilines is 1. The Balaban J connectivity index is 1.69. The van der Waals surface area contributed by atoms with Gasteiger partial charge in [0.2, 0.25) is 5.91 Å². The van der Waals surface area contributed by atoms with Gasteiger partial charge in [-0.15, -0.1) is 0 Å². The van der Waals surface area contributed by atoms with Crippen LogP contribution in [0.4, 0.5) is 5.69 Å². The fourth-order valence-corrected chi connectivity index (χ4v) is 3.30. The van der Waals surface area contributed by atoms with Crippen LogP contribution in [0, 0.1) is 0 Å². The SMILES string of the molecule is CCc1nn(CC(=O)N2CCc3ccccc32)c(=O)c2cccn12. The summed E-state index contributed by atoms with van der Waals surface area (Å²) < 4.78 is 3.08. The van der Waals surface area contributed by atoms with Gasteiger partial charge in [-0.2, -0.15) is 5.10 Å². The summed E-state index contributed by atoms with van der Waals surface area (Å²) in [5, 5.41) is 4.38. The minimum atomic E-state index is -0.238. The molecule has 0 atom stereocenters. The molecule has 0 fully saturated rings. The number of benzene rings is 1. The quantitative estimate of drug-likeness (QED) is 0.737. The highest BCUT2D eigenvalue weighted by molar-refractivity contribution is 5.95. The van der Waals surface area contributed by atoms with Crippen LogP contribution in [0.3, 0.4) is 0 Å². The van der Waals surface area contributed by atoms with E-state index in [1.54, 1.807) is 15.4 Å². The van der Waals surface area contributed by atoms with Gasteiger partial charge in [-0.3, -0.25) is 14.0 Å². The summed E-state index contributed by atoms with van der Waals surface area (Å²) in [6.07, 6.45) is 3.36. The third kappa shape index (κ3) is 2.22. The Morgan fingerprint density at radius 1 is 1.21 bits per heavy atom. The van der Waals surface area contributed by atoms with Crippen LogP contribution in [0.25, 0.3) is 5.52 Å². The largest absolute Gasteiger partial charge is 0.310 e. The van der Waals surface area contributed by atoms with Gasteiger partial charge in [0.25, 0.3) is 5.56 Å². The van der Waals surface area contributed by atoms with Crippen LogP contribution in [0.15, 0.2) is 47.4 Å². The van der Waals surface area contributed by atoms with Crippen molar-refractivity contribution >= 4 is 17.1 Å². The Hall–Kier alpha value is -2.89. The highest BCUT2D eigenvalue weighted by atomic mass is 16.2. The van der Waals surface area contributed by atoms with Crippen molar-refractivity contribution in [1.82, 2.24) is 14.2 Å². The van der Waals surface area contributed by atoms with Crippen LogP contribution in [-0.2, 0) is 24.2 Å². The average molecular weight is 322 g/mol. The lowest BCUT2D eigenvalue weighted by Gasteiger charge is -2.18. The number of rotatable bonds is 3. The van der Waals surface area contributed by atoms with Crippen molar-refractivity contribution in [2.75, 3.05) is 11.4 Å². The van der Waals surface area contributed by atoms with Crippen LogP contribution < -0.4 is 10.5 Å². The van der Waals surface area contributed by atoms with Crippen LogP contribution >= 0.6 is 0 Å². The maximum Gasteiger partial charge on any atom is 0.291 e. The van der Waals surface area contributed by atoms with Crippen molar-refractivity contribution in [3.05, 3.63) is 64.3 Å². The molecule has 1 aliphatic heterocycles. The van der Waals surface area contributed by atoms with Gasteiger partial charge < -0.3 is 4.90 Å². The fourth-order valence-electron chi connectivity index (χ4n) is 3.30. The van der Waals surface area contributed by atoms with Crippen LogP contribution in [0.2, 0.25) is 0 Å². The number of para-hydroxylation sites is 1. The van der Waals surface area contributed by atoms with Crippen LogP contribution in [-0.4, -0.2) is 26.6 Å². The summed E-state index contributed by atoms with van der Waals surface area (Å²) in [6, 6.07) is 11.5. The van der Waals surface area contributed by atoms with E-state index in [-0.39, 0.29) is 18.0 Å². The molecular weight excluding hydrogens is 304 g/mol. The van der Waals surface area contributed by atoms with Crippen LogP contribution in [0.1, 0.15) is 18.3 Å². The number of aryl methyl sites for hydroxylation is 1. The average Bonchev–Trinajstić information content (AvgIpc) is 3.24. The predicted octanol–water partition coefficient (Wildman–Crippen LogP) is 1.65. The second-order valence-electron chi connectivity index (χ2n) is 5.92. The van der Waals surface area contributed by atoms with Crippen molar-refractivity contribution in [2.45, 2.75) is 26.3 Å². The molecule has 1 aliphatic rings. The molecule has 0 aliphatic carbocycles. The van der Waals surface area contributed by atoms with Gasteiger partial charge in [0, 0.05) is 24.8 Å². The third-order valence-electron chi connectivity index (χ3n) is 4.51. The number of nitrogens with zero attached hydrogens (tertiary/aromatic N) is 4. The number of fused-ring (bicyclic) bond motifs is 2. The first-order valence-electron chi connectivity index (χ1n) is 8.14. The smallest absolute Gasteiger partial charge is 0.291 e. The molecule has 0 radical (unpaired) electrons. The van der Waals surface area contributed by atoms with E-state index in [1.807, 2.05) is 43.5 Å². The highest BCUT2D eigenvalue weighted by Gasteiger charge is 2.25. The molecule has 0 saturated carbocycles. The second kappa shape index (κ2) is 5.63. The molecule has 0 unspecified atom stereocenters. The van der Waals surface area contributed by atoms with E-state index in [4.69, 9.17) is 0 Å². The number of carbonyl (C=O) groups is 1. The van der Waals surface area contributed by atoms with E-state index in [9.17, 15) is 9.59 Å². The van der Waals surface area contributed by atoms with Gasteiger partial charge in [0.1, 0.15) is 17.9 Å². The summed E-state index contributed by atoms with van der Waals surface area (Å²) in [4.78, 5) is 27.0. The maximum absolute atomic E-state index is 12.7. The molecule has 0 saturated heterocycles. The molecule has 122 valence electrons. The molecule has 1 aromatic carbocycles. The number of amides is 1. The molecule has 6 nitrogen and oxygen atoms in total. The molecule has 1 amide bonds. The van der Waals surface area contributed by atoms with E-state index < -0.39 is 0 Å². The normalized spacial score (nSPS) is 13.5. The van der Waals surface area contributed by atoms with Gasteiger partial charge in [0.05, 0.1) is 0 Å². The second-order valence-corrected chi connectivity index (χ2v) is 5.92. The zero-order chi connectivity index (χ0) is 16.7. The summed E-state index contributed by atoms with van der Waals surface area (Å²) in [6.45, 7) is 2.60. The molecule has 0 N–H and O–H groups in total. The van der Waals surface area contributed by atoms with Gasteiger partial charge in [-0.25, -0.2) is 4.68 Å². The lowest BCUT2D eigenvalue weighted by atomic mass is 10.2. The highest BCUT2D eigenvalue weighted by Crippen LogP contribution is 2.27. The molecule has 3 heterocycles. The molecule has 24 heavy (non-hydrogen) atoms. The standard InChI is InChI=1S/C18H18N4O2/c1-2-16-19-22(18(24)15-8-5-10-20(15)16)12-17(23)21-11-9-13-6-3-4-7-14(13)21/h3-8,10H,2,9,11-12H2,1H3. The van der Waals surface area contributed by atoms with Crippen molar-refractivity contribution in [1.29, 1.82) is 0 Å². The number of hydrogen-bond acceptors (Lipinski definition) is 3. The Morgan fingerprint density at radius 3 is 2.88 bits per heavy atom. The lowest BCUT2D eigenvalue weighted by Crippen LogP contribution is -2.37. The molecule has 2 aromatic heterocycles. The fraction of sp³-hybridized carbons (Fsp3) is 0.278. The van der Waals surface area contributed by atoms with E-state index in [0.29, 0.717) is 18.5 Å². The first-order valence-corrected chi connectivity index (χ1v) is 8.14. The van der Waals surface area contributed by atoms with Crippen LogP contribution in [0.5, 0.6) is 0 Å². The Kier molecular flexibility index (Phi) is 3.45. The molecule has 3 aromatic rings. The van der Waals surface area contributed by atoms with Gasteiger partial charge in [-0.1, -0.05) is 25.1 Å². The zero-order valence-electron chi connectivity index (χ0n) is 13.5. The summed E-state index contributed by atoms with van der Waals surface area (Å²) in [5.74, 6) is 0.664. The lowest BCUT2D eigenvalue weighted by molar-refractivity contribution is -0.119. The minimum absolute atomic E-state index is 0.0398. The summed E-state index contributed by atoms with van der Waals surface area (Å²) >= 11 is 0. The zero-order valence-corrected chi connectivity index (χ0v) is 13.5. The Labute approximate surface area is 138 Å². The van der Waals surface area contributed by atoms with Crippen molar-refractivity contribution in [3.8, 4) is 0 Å². The van der Waals surface area contributed by atoms with Crippen molar-refractivity contribution in [3.63, 3.8) is 0 Å².